The molecule has 0 unspecified atom stereocenters. The van der Waals surface area contributed by atoms with E-state index in [1.165, 1.54) is 61.4 Å². The zero-order valence-corrected chi connectivity index (χ0v) is 29.7. The predicted octanol–water partition coefficient (Wildman–Crippen LogP) is 10.4. The van der Waals surface area contributed by atoms with Crippen molar-refractivity contribution in [3.63, 3.8) is 0 Å². The van der Waals surface area contributed by atoms with Gasteiger partial charge in [-0.05, 0) is 87.2 Å². The third-order valence-electron chi connectivity index (χ3n) is 11.5. The zero-order chi connectivity index (χ0) is 34.7. The van der Waals surface area contributed by atoms with Gasteiger partial charge in [0.05, 0.1) is 0 Å². The Morgan fingerprint density at radius 2 is 0.725 bits per heavy atom. The van der Waals surface area contributed by atoms with Crippen molar-refractivity contribution in [2.24, 2.45) is 0 Å². The van der Waals surface area contributed by atoms with Crippen LogP contribution < -0.4 is 26.2 Å². The largest absolute Gasteiger partial charge is 0.311 e. The molecule has 2 nitrogen and oxygen atoms in total. The Morgan fingerprint density at radius 1 is 0.353 bits per heavy atom. The highest BCUT2D eigenvalue weighted by Gasteiger charge is 2.44. The maximum absolute atomic E-state index is 2.50. The molecule has 0 aromatic heterocycles. The summed E-state index contributed by atoms with van der Waals surface area (Å²) in [6.07, 6.45) is 0. The lowest BCUT2D eigenvalue weighted by molar-refractivity contribution is 0.641. The van der Waals surface area contributed by atoms with Gasteiger partial charge in [0.1, 0.15) is 0 Å². The summed E-state index contributed by atoms with van der Waals surface area (Å²) in [5.74, 6) is 0. The van der Waals surface area contributed by atoms with E-state index in [0.717, 1.165) is 11.4 Å². The third-order valence-corrected chi connectivity index (χ3v) is 11.5. The number of hydrogen-bond donors (Lipinski definition) is 0. The molecular weight excluding hydrogens is 615 g/mol. The minimum Gasteiger partial charge on any atom is -0.311 e. The molecule has 7 aromatic carbocycles. The number of rotatable bonds is 6. The number of nitrogens with zero attached hydrogens (tertiary/aromatic N) is 2. The first-order valence-electron chi connectivity index (χ1n) is 18.1. The zero-order valence-electron chi connectivity index (χ0n) is 29.7. The van der Waals surface area contributed by atoms with Crippen molar-refractivity contribution in [3.05, 3.63) is 198 Å². The van der Waals surface area contributed by atoms with E-state index >= 15 is 0 Å². The fraction of sp³-hybridized carbons (Fsp3) is 0.125. The van der Waals surface area contributed by atoms with Gasteiger partial charge in [0.15, 0.2) is 0 Å². The number of hydrogen-bond acceptors (Lipinski definition) is 2. The average Bonchev–Trinajstić information content (AvgIpc) is 3.18. The van der Waals surface area contributed by atoms with Crippen molar-refractivity contribution in [2.75, 3.05) is 9.80 Å². The van der Waals surface area contributed by atoms with Crippen LogP contribution in [0.5, 0.6) is 0 Å². The summed E-state index contributed by atoms with van der Waals surface area (Å²) in [4.78, 5) is 4.99. The molecule has 2 heterocycles. The molecule has 0 fully saturated rings. The van der Waals surface area contributed by atoms with Crippen molar-refractivity contribution in [1.82, 2.24) is 0 Å². The molecule has 51 heavy (non-hydrogen) atoms. The highest BCUT2D eigenvalue weighted by atomic mass is 15.2. The van der Waals surface area contributed by atoms with Crippen molar-refractivity contribution in [2.45, 2.75) is 38.5 Å². The van der Waals surface area contributed by atoms with Crippen molar-refractivity contribution < 1.29 is 0 Å². The molecule has 0 saturated carbocycles. The van der Waals surface area contributed by atoms with E-state index in [9.17, 15) is 0 Å². The highest BCUT2D eigenvalue weighted by molar-refractivity contribution is 7.00. The van der Waals surface area contributed by atoms with Gasteiger partial charge in [-0.2, -0.15) is 0 Å². The minimum atomic E-state index is -0.173. The van der Waals surface area contributed by atoms with E-state index in [0.29, 0.717) is 0 Å². The van der Waals surface area contributed by atoms with Crippen LogP contribution in [-0.4, -0.2) is 6.71 Å². The summed E-state index contributed by atoms with van der Waals surface area (Å²) in [5.41, 5.74) is 16.1. The fourth-order valence-corrected chi connectivity index (χ4v) is 8.46. The third kappa shape index (κ3) is 4.94. The Labute approximate surface area is 302 Å². The summed E-state index contributed by atoms with van der Waals surface area (Å²) in [6, 6.07) is 64.9. The molecular formula is C48H41BN2. The van der Waals surface area contributed by atoms with Gasteiger partial charge in [0, 0.05) is 45.0 Å². The Hall–Kier alpha value is -5.80. The van der Waals surface area contributed by atoms with Gasteiger partial charge in [-0.1, -0.05) is 155 Å². The molecule has 9 rings (SSSR count). The molecule has 0 atom stereocenters. The van der Waals surface area contributed by atoms with Crippen molar-refractivity contribution >= 4 is 57.2 Å². The second-order valence-electron chi connectivity index (χ2n) is 15.0. The van der Waals surface area contributed by atoms with Crippen LogP contribution in [0.15, 0.2) is 176 Å². The molecule has 0 saturated heterocycles. The van der Waals surface area contributed by atoms with E-state index in [1.807, 2.05) is 0 Å². The molecule has 7 aromatic rings. The standard InChI is InChI=1S/C48H41BN2/c1-47(2,34-18-9-5-10-19-34)36-28-30-40-44(32-36)50(38-22-13-7-14-23-38)42-26-17-27-43-46(42)49(40)41-31-29-37(48(3,4)35-20-11-6-12-21-35)33-45(41)51(43)39-24-15-8-16-25-39/h5-33H,1-4H3. The quantitative estimate of drug-likeness (QED) is 0.164. The molecule has 0 spiro atoms. The first-order chi connectivity index (χ1) is 24.8. The first-order valence-corrected chi connectivity index (χ1v) is 18.1. The van der Waals surface area contributed by atoms with E-state index in [4.69, 9.17) is 0 Å². The summed E-state index contributed by atoms with van der Waals surface area (Å²) in [5, 5.41) is 0. The molecule has 0 radical (unpaired) electrons. The van der Waals surface area contributed by atoms with Gasteiger partial charge in [0.2, 0.25) is 0 Å². The first kappa shape index (κ1) is 31.2. The van der Waals surface area contributed by atoms with Crippen LogP contribution in [0.2, 0.25) is 0 Å². The van der Waals surface area contributed by atoms with Gasteiger partial charge in [-0.15, -0.1) is 0 Å². The van der Waals surface area contributed by atoms with Crippen LogP contribution in [-0.2, 0) is 10.8 Å². The van der Waals surface area contributed by atoms with Gasteiger partial charge < -0.3 is 9.80 Å². The maximum Gasteiger partial charge on any atom is 0.252 e. The predicted molar refractivity (Wildman–Crippen MR) is 218 cm³/mol. The van der Waals surface area contributed by atoms with Crippen LogP contribution in [0, 0.1) is 0 Å². The topological polar surface area (TPSA) is 6.48 Å². The summed E-state index contributed by atoms with van der Waals surface area (Å²) < 4.78 is 0. The molecule has 0 amide bonds. The smallest absolute Gasteiger partial charge is 0.252 e. The van der Waals surface area contributed by atoms with E-state index in [-0.39, 0.29) is 17.5 Å². The van der Waals surface area contributed by atoms with Crippen molar-refractivity contribution in [1.29, 1.82) is 0 Å². The summed E-state index contributed by atoms with van der Waals surface area (Å²) in [7, 11) is 0. The van der Waals surface area contributed by atoms with Crippen molar-refractivity contribution in [3.8, 4) is 0 Å². The SMILES string of the molecule is CC(C)(c1ccccc1)c1ccc2c(c1)N(c1ccccc1)c1cccc3c1B2c1ccc(C(C)(C)c2ccccc2)cc1N3c1ccccc1. The lowest BCUT2D eigenvalue weighted by atomic mass is 9.33. The Morgan fingerprint density at radius 3 is 1.12 bits per heavy atom. The Balaban J connectivity index is 1.31. The Kier molecular flexibility index (Phi) is 7.29. The number of para-hydroxylation sites is 2. The lowest BCUT2D eigenvalue weighted by Gasteiger charge is -2.45. The molecule has 2 aliphatic rings. The number of fused-ring (bicyclic) bond motifs is 4. The lowest BCUT2D eigenvalue weighted by Crippen LogP contribution is -2.61. The van der Waals surface area contributed by atoms with Crippen LogP contribution in [0.4, 0.5) is 34.1 Å². The molecule has 0 N–H and O–H groups in total. The van der Waals surface area contributed by atoms with Gasteiger partial charge in [-0.25, -0.2) is 0 Å². The second kappa shape index (κ2) is 11.9. The fourth-order valence-electron chi connectivity index (χ4n) is 8.46. The Bertz CT molecular complexity index is 2200. The van der Waals surface area contributed by atoms with E-state index in [2.05, 4.69) is 213 Å². The number of benzene rings is 7. The highest BCUT2D eigenvalue weighted by Crippen LogP contribution is 2.46. The molecule has 2 aliphatic heterocycles. The molecule has 246 valence electrons. The molecule has 0 aliphatic carbocycles. The normalized spacial score (nSPS) is 13.4. The van der Waals surface area contributed by atoms with Gasteiger partial charge >= 0.3 is 0 Å². The maximum atomic E-state index is 2.50. The van der Waals surface area contributed by atoms with Crippen LogP contribution in [0.1, 0.15) is 49.9 Å². The summed E-state index contributed by atoms with van der Waals surface area (Å²) in [6.45, 7) is 9.44. The van der Waals surface area contributed by atoms with Gasteiger partial charge in [0.25, 0.3) is 6.71 Å². The van der Waals surface area contributed by atoms with E-state index < -0.39 is 0 Å². The van der Waals surface area contributed by atoms with Crippen LogP contribution >= 0.6 is 0 Å². The van der Waals surface area contributed by atoms with Crippen LogP contribution in [0.25, 0.3) is 0 Å². The monoisotopic (exact) mass is 656 g/mol. The minimum absolute atomic E-state index is 0.0731. The van der Waals surface area contributed by atoms with Crippen LogP contribution in [0.3, 0.4) is 0 Å². The molecule has 3 heteroatoms. The number of anilines is 6. The molecule has 0 bridgehead atoms. The van der Waals surface area contributed by atoms with E-state index in [1.54, 1.807) is 0 Å². The average molecular weight is 657 g/mol. The van der Waals surface area contributed by atoms with Gasteiger partial charge in [-0.3, -0.25) is 0 Å². The summed E-state index contributed by atoms with van der Waals surface area (Å²) >= 11 is 0. The second-order valence-corrected chi connectivity index (χ2v) is 15.0.